The van der Waals surface area contributed by atoms with Crippen molar-refractivity contribution in [2.45, 2.75) is 24.3 Å². The minimum absolute atomic E-state index is 0.0793. The molecule has 5 N–H and O–H groups in total. The van der Waals surface area contributed by atoms with Gasteiger partial charge in [-0.25, -0.2) is 10.6 Å². The third-order valence-corrected chi connectivity index (χ3v) is 5.18. The highest BCUT2D eigenvalue weighted by molar-refractivity contribution is 7.83. The van der Waals surface area contributed by atoms with E-state index in [-0.39, 0.29) is 19.6 Å². The Hall–Kier alpha value is -2.11. The fourth-order valence-corrected chi connectivity index (χ4v) is 3.86. The molecule has 11 nitrogen and oxygen atoms in total. The van der Waals surface area contributed by atoms with E-state index >= 15 is 0 Å². The van der Waals surface area contributed by atoms with Crippen molar-refractivity contribution in [3.63, 3.8) is 0 Å². The largest absolute Gasteiger partial charge is 0.445 e. The van der Waals surface area contributed by atoms with Crippen LogP contribution in [0.5, 0.6) is 0 Å². The Morgan fingerprint density at radius 2 is 2.08 bits per heavy atom. The number of hydrogen-bond donors (Lipinski definition) is 4. The number of carbonyl (C=O) groups excluding carboxylic acids is 2. The zero-order valence-corrected chi connectivity index (χ0v) is 15.1. The summed E-state index contributed by atoms with van der Waals surface area (Å²) < 4.78 is 49.7. The quantitative estimate of drug-likeness (QED) is 0.218. The van der Waals surface area contributed by atoms with E-state index in [2.05, 4.69) is 5.32 Å². The minimum atomic E-state index is -4.73. The maximum atomic E-state index is 12.4. The Bertz CT molecular complexity index is 791. The van der Waals surface area contributed by atoms with Crippen LogP contribution in [0.4, 0.5) is 4.79 Å². The minimum Gasteiger partial charge on any atom is -0.445 e. The van der Waals surface area contributed by atoms with Crippen LogP contribution in [0.25, 0.3) is 0 Å². The van der Waals surface area contributed by atoms with Crippen LogP contribution < -0.4 is 15.9 Å². The molecule has 13 heteroatoms. The fourth-order valence-electron chi connectivity index (χ4n) is 2.45. The monoisotopic (exact) mass is 404 g/mol. The first-order chi connectivity index (χ1) is 12.2. The van der Waals surface area contributed by atoms with Gasteiger partial charge in [-0.2, -0.15) is 13.1 Å². The predicted molar refractivity (Wildman–Crippen MR) is 89.1 cm³/mol. The summed E-state index contributed by atoms with van der Waals surface area (Å²) in [5.41, 5.74) is 0.666. The SMILES string of the molecule is NN1CC[C@@H](NS(=O)(=O)O)[C@@](NC(=O)OCc2ccccc2)(P=O)C1=O. The number of carbonyl (C=O) groups is 2. The summed E-state index contributed by atoms with van der Waals surface area (Å²) in [4.78, 5) is 24.5. The second kappa shape index (κ2) is 8.06. The van der Waals surface area contributed by atoms with Gasteiger partial charge in [0.15, 0.2) is 8.46 Å². The molecular formula is C13H17N4O7PS. The third kappa shape index (κ3) is 4.74. The summed E-state index contributed by atoms with van der Waals surface area (Å²) in [5.74, 6) is 4.50. The van der Waals surface area contributed by atoms with Gasteiger partial charge in [-0.3, -0.25) is 24.2 Å². The molecule has 0 spiro atoms. The van der Waals surface area contributed by atoms with E-state index in [1.54, 1.807) is 35.1 Å². The summed E-state index contributed by atoms with van der Waals surface area (Å²) in [5, 5.41) is 0.555. The van der Waals surface area contributed by atoms with E-state index in [1.807, 2.05) is 0 Å². The van der Waals surface area contributed by atoms with Crippen molar-refractivity contribution in [1.29, 1.82) is 0 Å². The van der Waals surface area contributed by atoms with Gasteiger partial charge < -0.3 is 4.74 Å². The Balaban J connectivity index is 2.18. The Labute approximate surface area is 150 Å². The highest BCUT2D eigenvalue weighted by atomic mass is 32.2. The topological polar surface area (TPSA) is 168 Å². The zero-order chi connectivity index (χ0) is 19.4. The van der Waals surface area contributed by atoms with Crippen molar-refractivity contribution >= 4 is 30.8 Å². The lowest BCUT2D eigenvalue weighted by Crippen LogP contribution is -2.71. The van der Waals surface area contributed by atoms with Crippen LogP contribution in [0.3, 0.4) is 0 Å². The number of hydrazine groups is 1. The van der Waals surface area contributed by atoms with Crippen molar-refractivity contribution in [1.82, 2.24) is 15.0 Å². The lowest BCUT2D eigenvalue weighted by Gasteiger charge is -2.40. The van der Waals surface area contributed by atoms with Gasteiger partial charge in [0.25, 0.3) is 5.91 Å². The molecule has 142 valence electrons. The molecule has 0 unspecified atom stereocenters. The number of ether oxygens (including phenoxy) is 1. The highest BCUT2D eigenvalue weighted by Crippen LogP contribution is 2.32. The van der Waals surface area contributed by atoms with Gasteiger partial charge in [-0.05, 0) is 12.0 Å². The fraction of sp³-hybridized carbons (Fsp3) is 0.385. The Kier molecular flexibility index (Phi) is 6.26. The first-order valence-electron chi connectivity index (χ1n) is 7.33. The molecule has 1 aromatic carbocycles. The second-order valence-corrected chi connectivity index (χ2v) is 7.55. The summed E-state index contributed by atoms with van der Waals surface area (Å²) in [6, 6.07) is 7.25. The van der Waals surface area contributed by atoms with Crippen LogP contribution in [0.1, 0.15) is 12.0 Å². The lowest BCUT2D eigenvalue weighted by atomic mass is 9.99. The Morgan fingerprint density at radius 3 is 2.65 bits per heavy atom. The molecule has 1 saturated heterocycles. The first kappa shape index (κ1) is 20.2. The molecule has 0 aromatic heterocycles. The van der Waals surface area contributed by atoms with Gasteiger partial charge in [-0.1, -0.05) is 30.3 Å². The smallest absolute Gasteiger partial charge is 0.408 e. The van der Waals surface area contributed by atoms with E-state index in [0.29, 0.717) is 10.6 Å². The molecule has 0 saturated carbocycles. The summed E-state index contributed by atoms with van der Waals surface area (Å²) in [7, 11) is -5.67. The lowest BCUT2D eigenvalue weighted by molar-refractivity contribution is -0.138. The van der Waals surface area contributed by atoms with Crippen LogP contribution in [0, 0.1) is 0 Å². The molecule has 1 aliphatic rings. The van der Waals surface area contributed by atoms with Gasteiger partial charge in [0.2, 0.25) is 5.28 Å². The van der Waals surface area contributed by atoms with Crippen LogP contribution in [0.15, 0.2) is 30.3 Å². The molecule has 1 aliphatic heterocycles. The summed E-state index contributed by atoms with van der Waals surface area (Å²) in [6.07, 6.45) is -1.21. The summed E-state index contributed by atoms with van der Waals surface area (Å²) in [6.45, 7) is -0.209. The van der Waals surface area contributed by atoms with E-state index in [1.165, 1.54) is 0 Å². The number of nitrogens with one attached hydrogen (secondary N) is 2. The predicted octanol–water partition coefficient (Wildman–Crippen LogP) is -0.232. The van der Waals surface area contributed by atoms with Gasteiger partial charge in [0.05, 0.1) is 6.04 Å². The van der Waals surface area contributed by atoms with E-state index < -0.39 is 42.1 Å². The molecule has 0 aliphatic carbocycles. The van der Waals surface area contributed by atoms with Gasteiger partial charge in [0.1, 0.15) is 6.61 Å². The van der Waals surface area contributed by atoms with Crippen molar-refractivity contribution < 1.29 is 31.9 Å². The number of benzene rings is 1. The van der Waals surface area contributed by atoms with E-state index in [4.69, 9.17) is 15.1 Å². The number of nitrogens with two attached hydrogens (primary N) is 1. The molecule has 0 bridgehead atoms. The van der Waals surface area contributed by atoms with Crippen molar-refractivity contribution in [3.05, 3.63) is 35.9 Å². The zero-order valence-electron chi connectivity index (χ0n) is 13.4. The third-order valence-electron chi connectivity index (χ3n) is 3.69. The number of hydrogen-bond acceptors (Lipinski definition) is 7. The molecule has 2 amide bonds. The number of alkyl carbamates (subject to hydrolysis) is 1. The first-order valence-corrected chi connectivity index (χ1v) is 9.58. The molecule has 1 aromatic rings. The van der Waals surface area contributed by atoms with Gasteiger partial charge >= 0.3 is 16.4 Å². The normalized spacial score (nSPS) is 23.7. The van der Waals surface area contributed by atoms with Crippen LogP contribution in [-0.4, -0.2) is 47.8 Å². The van der Waals surface area contributed by atoms with Gasteiger partial charge in [-0.15, -0.1) is 0 Å². The van der Waals surface area contributed by atoms with Crippen LogP contribution in [-0.2, 0) is 31.0 Å². The maximum Gasteiger partial charge on any atom is 0.408 e. The number of amides is 2. The van der Waals surface area contributed by atoms with Crippen LogP contribution in [0.2, 0.25) is 0 Å². The van der Waals surface area contributed by atoms with E-state index in [9.17, 15) is 22.6 Å². The number of rotatable bonds is 6. The molecular weight excluding hydrogens is 387 g/mol. The van der Waals surface area contributed by atoms with E-state index in [0.717, 1.165) is 0 Å². The highest BCUT2D eigenvalue weighted by Gasteiger charge is 2.54. The second-order valence-electron chi connectivity index (χ2n) is 5.48. The molecule has 1 heterocycles. The van der Waals surface area contributed by atoms with Crippen LogP contribution >= 0.6 is 8.46 Å². The van der Waals surface area contributed by atoms with Crippen molar-refractivity contribution in [3.8, 4) is 0 Å². The average Bonchev–Trinajstić information content (AvgIpc) is 2.59. The number of nitrogens with zero attached hydrogens (tertiary/aromatic N) is 1. The standard InChI is InChI=1S/C13H17N4O7PS/c14-17-7-6-10(16-26(21,22)23)13(25-20,11(17)18)15-12(19)24-8-9-4-2-1-3-5-9/h1-5,10,16H,6-8,14H2,(H,15,19)(H,21,22,23)/t10-,13-/m1/s1. The Morgan fingerprint density at radius 1 is 1.42 bits per heavy atom. The van der Waals surface area contributed by atoms with Crippen molar-refractivity contribution in [2.24, 2.45) is 5.84 Å². The summed E-state index contributed by atoms with van der Waals surface area (Å²) >= 11 is 0. The molecule has 26 heavy (non-hydrogen) atoms. The van der Waals surface area contributed by atoms with Gasteiger partial charge in [0, 0.05) is 6.54 Å². The average molecular weight is 404 g/mol. The molecule has 2 atom stereocenters. The maximum absolute atomic E-state index is 12.4. The number of piperidine rings is 1. The van der Waals surface area contributed by atoms with Crippen molar-refractivity contribution in [2.75, 3.05) is 6.54 Å². The molecule has 2 rings (SSSR count). The molecule has 0 radical (unpaired) electrons. The molecule has 1 fully saturated rings.